The monoisotopic (exact) mass is 561 g/mol. The summed E-state index contributed by atoms with van der Waals surface area (Å²) in [5.41, 5.74) is 4.34. The molecule has 0 radical (unpaired) electrons. The minimum atomic E-state index is -0.457. The zero-order valence-corrected chi connectivity index (χ0v) is 25.4. The van der Waals surface area contributed by atoms with Gasteiger partial charge in [-0.2, -0.15) is 0 Å². The van der Waals surface area contributed by atoms with E-state index in [9.17, 15) is 4.79 Å². The Balaban J connectivity index is 1.12. The van der Waals surface area contributed by atoms with E-state index in [1.54, 1.807) is 11.3 Å². The molecule has 9 heteroatoms. The maximum absolute atomic E-state index is 12.4. The van der Waals surface area contributed by atoms with E-state index >= 15 is 0 Å². The third kappa shape index (κ3) is 4.82. The second-order valence-corrected chi connectivity index (χ2v) is 13.9. The minimum Gasteiger partial charge on any atom is -0.490 e. The van der Waals surface area contributed by atoms with E-state index < -0.39 is 5.60 Å². The molecule has 2 fully saturated rings. The van der Waals surface area contributed by atoms with Gasteiger partial charge in [0.2, 0.25) is 0 Å². The molecule has 212 valence electrons. The van der Waals surface area contributed by atoms with Crippen LogP contribution in [0.5, 0.6) is 5.75 Å². The molecule has 2 aromatic heterocycles. The van der Waals surface area contributed by atoms with Crippen molar-refractivity contribution in [3.8, 4) is 10.8 Å². The van der Waals surface area contributed by atoms with Crippen LogP contribution in [-0.2, 0) is 4.74 Å². The number of rotatable bonds is 3. The highest BCUT2D eigenvalue weighted by Gasteiger charge is 2.48. The number of nitrogens with zero attached hydrogens (tertiary/aromatic N) is 5. The number of carbonyl (C=O) groups is 1. The standard InChI is InChI=1S/C31H39N5O3S/c1-18-20(3)40-28-25(18)26(32-19(2)27-34-33-21(4)36(27)28)22-8-10-23(11-9-22)38-24-16-31(17-24)12-14-35(15-13-31)29(37)39-30(5,6)7/h8-11,19,24H,12-17H2,1-7H3/t19-/m0/s1. The van der Waals surface area contributed by atoms with Crippen molar-refractivity contribution in [3.05, 3.63) is 57.5 Å². The fraction of sp³-hybridized carbons (Fsp3) is 0.548. The Bertz CT molecular complexity index is 1460. The number of aryl methyl sites for hydroxylation is 2. The van der Waals surface area contributed by atoms with Gasteiger partial charge in [-0.05, 0) is 109 Å². The zero-order valence-electron chi connectivity index (χ0n) is 24.6. The largest absolute Gasteiger partial charge is 0.490 e. The maximum Gasteiger partial charge on any atom is 0.410 e. The molecule has 3 aliphatic rings. The number of aliphatic imine (C=N–C) groups is 1. The summed E-state index contributed by atoms with van der Waals surface area (Å²) in [6.07, 6.45) is 4.12. The first-order valence-corrected chi connectivity index (χ1v) is 15.1. The first-order chi connectivity index (χ1) is 18.9. The molecule has 4 heterocycles. The molecule has 0 unspecified atom stereocenters. The Morgan fingerprint density at radius 2 is 1.73 bits per heavy atom. The highest BCUT2D eigenvalue weighted by Crippen LogP contribution is 2.50. The molecule has 8 nitrogen and oxygen atoms in total. The SMILES string of the molecule is Cc1sc2c(c1C)C(c1ccc(OC3CC4(CCN(C(=O)OC(C)(C)C)CC4)C3)cc1)=N[C@@H](C)c1nnc(C)n1-2. The van der Waals surface area contributed by atoms with Gasteiger partial charge in [-0.15, -0.1) is 21.5 Å². The van der Waals surface area contributed by atoms with Crippen molar-refractivity contribution in [1.82, 2.24) is 19.7 Å². The van der Waals surface area contributed by atoms with Gasteiger partial charge in [-0.3, -0.25) is 9.56 Å². The number of thiophene rings is 1. The molecule has 1 aliphatic carbocycles. The summed E-state index contributed by atoms with van der Waals surface area (Å²) < 4.78 is 14.1. The van der Waals surface area contributed by atoms with Gasteiger partial charge in [0.25, 0.3) is 0 Å². The van der Waals surface area contributed by atoms with Crippen molar-refractivity contribution in [2.45, 2.75) is 91.9 Å². The van der Waals surface area contributed by atoms with Gasteiger partial charge in [0.15, 0.2) is 5.82 Å². The van der Waals surface area contributed by atoms with Crippen LogP contribution in [0.25, 0.3) is 5.00 Å². The van der Waals surface area contributed by atoms with E-state index in [1.807, 2.05) is 32.6 Å². The van der Waals surface area contributed by atoms with Crippen LogP contribution in [0.1, 0.15) is 92.6 Å². The number of ether oxygens (including phenoxy) is 2. The number of hydrogen-bond donors (Lipinski definition) is 0. The van der Waals surface area contributed by atoms with Crippen LogP contribution in [-0.4, -0.2) is 56.3 Å². The van der Waals surface area contributed by atoms with Crippen LogP contribution < -0.4 is 4.74 Å². The minimum absolute atomic E-state index is 0.0978. The molecule has 1 spiro atoms. The number of piperidine rings is 1. The molecule has 0 bridgehead atoms. The average molecular weight is 562 g/mol. The quantitative estimate of drug-likeness (QED) is 0.354. The summed E-state index contributed by atoms with van der Waals surface area (Å²) >= 11 is 1.78. The lowest BCUT2D eigenvalue weighted by Crippen LogP contribution is -2.52. The average Bonchev–Trinajstić information content (AvgIpc) is 3.36. The van der Waals surface area contributed by atoms with Crippen LogP contribution in [0.15, 0.2) is 29.3 Å². The first kappa shape index (κ1) is 27.0. The summed E-state index contributed by atoms with van der Waals surface area (Å²) in [4.78, 5) is 20.7. The summed E-state index contributed by atoms with van der Waals surface area (Å²) in [5, 5.41) is 9.95. The van der Waals surface area contributed by atoms with Crippen molar-refractivity contribution >= 4 is 23.1 Å². The topological polar surface area (TPSA) is 81.8 Å². The maximum atomic E-state index is 12.4. The Hall–Kier alpha value is -3.20. The first-order valence-electron chi connectivity index (χ1n) is 14.3. The third-order valence-corrected chi connectivity index (χ3v) is 9.77. The predicted molar refractivity (Wildman–Crippen MR) is 157 cm³/mol. The van der Waals surface area contributed by atoms with Gasteiger partial charge in [-0.1, -0.05) is 0 Å². The van der Waals surface area contributed by atoms with Crippen LogP contribution in [0.4, 0.5) is 4.79 Å². The highest BCUT2D eigenvalue weighted by atomic mass is 32.1. The van der Waals surface area contributed by atoms with E-state index in [2.05, 4.69) is 59.8 Å². The number of fused-ring (bicyclic) bond motifs is 3. The fourth-order valence-corrected chi connectivity index (χ4v) is 7.47. The molecule has 1 saturated heterocycles. The predicted octanol–water partition coefficient (Wildman–Crippen LogP) is 6.72. The third-order valence-electron chi connectivity index (χ3n) is 8.58. The fourth-order valence-electron chi connectivity index (χ4n) is 6.25. The molecule has 1 saturated carbocycles. The summed E-state index contributed by atoms with van der Waals surface area (Å²) in [7, 11) is 0. The number of amides is 1. The molecule has 1 atom stereocenters. The number of hydrogen-bond acceptors (Lipinski definition) is 7. The summed E-state index contributed by atoms with van der Waals surface area (Å²) in [5.74, 6) is 2.66. The Morgan fingerprint density at radius 3 is 2.38 bits per heavy atom. The van der Waals surface area contributed by atoms with Gasteiger partial charge in [0.05, 0.1) is 11.8 Å². The van der Waals surface area contributed by atoms with Gasteiger partial charge in [0, 0.05) is 29.1 Å². The molecule has 0 N–H and O–H groups in total. The Kier molecular flexibility index (Phi) is 6.56. The van der Waals surface area contributed by atoms with Crippen molar-refractivity contribution in [2.24, 2.45) is 10.4 Å². The molecule has 2 aliphatic heterocycles. The van der Waals surface area contributed by atoms with Gasteiger partial charge in [-0.25, -0.2) is 4.79 Å². The Morgan fingerprint density at radius 1 is 1.05 bits per heavy atom. The van der Waals surface area contributed by atoms with Gasteiger partial charge >= 0.3 is 6.09 Å². The van der Waals surface area contributed by atoms with Crippen molar-refractivity contribution in [1.29, 1.82) is 0 Å². The van der Waals surface area contributed by atoms with Crippen LogP contribution >= 0.6 is 11.3 Å². The van der Waals surface area contributed by atoms with Crippen LogP contribution in [0, 0.1) is 26.2 Å². The zero-order chi connectivity index (χ0) is 28.4. The van der Waals surface area contributed by atoms with Gasteiger partial charge < -0.3 is 14.4 Å². The number of aromatic nitrogens is 3. The second kappa shape index (κ2) is 9.72. The number of likely N-dealkylation sites (tertiary alicyclic amines) is 1. The molecule has 6 rings (SSSR count). The van der Waals surface area contributed by atoms with Crippen molar-refractivity contribution < 1.29 is 14.3 Å². The summed E-state index contributed by atoms with van der Waals surface area (Å²) in [6, 6.07) is 8.31. The molecule has 1 amide bonds. The Labute approximate surface area is 240 Å². The highest BCUT2D eigenvalue weighted by molar-refractivity contribution is 7.15. The van der Waals surface area contributed by atoms with E-state index in [0.29, 0.717) is 0 Å². The lowest BCUT2D eigenvalue weighted by atomic mass is 9.61. The smallest absolute Gasteiger partial charge is 0.410 e. The van der Waals surface area contributed by atoms with E-state index in [4.69, 9.17) is 14.5 Å². The molecule has 40 heavy (non-hydrogen) atoms. The molecule has 3 aromatic rings. The molecule has 1 aromatic carbocycles. The van der Waals surface area contributed by atoms with E-state index in [-0.39, 0.29) is 23.7 Å². The number of benzene rings is 1. The lowest BCUT2D eigenvalue weighted by molar-refractivity contribution is -0.0583. The lowest BCUT2D eigenvalue weighted by Gasteiger charge is -2.51. The van der Waals surface area contributed by atoms with E-state index in [0.717, 1.165) is 72.4 Å². The second-order valence-electron chi connectivity index (χ2n) is 12.7. The van der Waals surface area contributed by atoms with Crippen LogP contribution in [0.2, 0.25) is 0 Å². The molecular weight excluding hydrogens is 522 g/mol. The number of carbonyl (C=O) groups excluding carboxylic acids is 1. The van der Waals surface area contributed by atoms with Crippen molar-refractivity contribution in [2.75, 3.05) is 13.1 Å². The van der Waals surface area contributed by atoms with Gasteiger partial charge in [0.1, 0.15) is 28.2 Å². The summed E-state index contributed by atoms with van der Waals surface area (Å²) in [6.45, 7) is 15.7. The normalized spacial score (nSPS) is 20.3. The van der Waals surface area contributed by atoms with E-state index in [1.165, 1.54) is 16.0 Å². The molecular formula is C31H39N5O3S. The van der Waals surface area contributed by atoms with Crippen molar-refractivity contribution in [3.63, 3.8) is 0 Å². The van der Waals surface area contributed by atoms with Crippen LogP contribution in [0.3, 0.4) is 0 Å².